The highest BCUT2D eigenvalue weighted by Crippen LogP contribution is 2.33. The number of para-hydroxylation sites is 1. The quantitative estimate of drug-likeness (QED) is 0.224. The Hall–Kier alpha value is -3.51. The number of fused-ring (bicyclic) bond motifs is 1. The van der Waals surface area contributed by atoms with E-state index >= 15 is 0 Å². The Morgan fingerprint density at radius 2 is 1.61 bits per heavy atom. The lowest BCUT2D eigenvalue weighted by Crippen LogP contribution is -2.15. The lowest BCUT2D eigenvalue weighted by molar-refractivity contribution is 0.0475. The zero-order valence-electron chi connectivity index (χ0n) is 16.4. The van der Waals surface area contributed by atoms with E-state index in [1.165, 1.54) is 0 Å². The Morgan fingerprint density at radius 3 is 2.35 bits per heavy atom. The van der Waals surface area contributed by atoms with Crippen LogP contribution in [0.4, 0.5) is 8.78 Å². The molecule has 1 aromatic heterocycles. The average Bonchev–Trinajstić information content (AvgIpc) is 3.07. The van der Waals surface area contributed by atoms with E-state index in [1.54, 1.807) is 0 Å². The van der Waals surface area contributed by atoms with Crippen LogP contribution in [0.5, 0.6) is 0 Å². The van der Waals surface area contributed by atoms with E-state index in [2.05, 4.69) is 0 Å². The number of esters is 1. The Morgan fingerprint density at radius 1 is 0.968 bits per heavy atom. The van der Waals surface area contributed by atoms with E-state index in [-0.39, 0.29) is 10.6 Å². The summed E-state index contributed by atoms with van der Waals surface area (Å²) in [5.74, 6) is -3.86. The Balaban J connectivity index is 1.69. The highest BCUT2D eigenvalue weighted by Gasteiger charge is 2.24. The molecule has 4 rings (SSSR count). The first-order chi connectivity index (χ1) is 14.9. The minimum absolute atomic E-state index is 0.300. The van der Waals surface area contributed by atoms with Gasteiger partial charge in [-0.3, -0.25) is 4.79 Å². The normalized spacial score (nSPS) is 11.0. The standard InChI is InChI=1S/C24H16ClF2NO3/c1-28-20-10-6-5-9-15(20)22(23(28)14-7-3-2-4-8-14)21(29)13-31-24(30)16-11-18(26)19(27)12-17(16)25/h2-12H,13H2,1H3. The summed E-state index contributed by atoms with van der Waals surface area (Å²) in [4.78, 5) is 25.5. The fourth-order valence-electron chi connectivity index (χ4n) is 3.57. The predicted molar refractivity (Wildman–Crippen MR) is 114 cm³/mol. The van der Waals surface area contributed by atoms with Gasteiger partial charge in [-0.1, -0.05) is 60.1 Å². The molecule has 7 heteroatoms. The van der Waals surface area contributed by atoms with Crippen LogP contribution in [0.2, 0.25) is 5.02 Å². The van der Waals surface area contributed by atoms with Crippen LogP contribution in [0.3, 0.4) is 0 Å². The maximum atomic E-state index is 13.5. The number of benzene rings is 3. The van der Waals surface area contributed by atoms with Gasteiger partial charge in [0.05, 0.1) is 21.8 Å². The third kappa shape index (κ3) is 3.82. The van der Waals surface area contributed by atoms with Gasteiger partial charge in [-0.15, -0.1) is 0 Å². The minimum atomic E-state index is -1.23. The number of halogens is 3. The second kappa shape index (κ2) is 8.32. The van der Waals surface area contributed by atoms with Crippen LogP contribution < -0.4 is 0 Å². The number of rotatable bonds is 5. The fourth-order valence-corrected chi connectivity index (χ4v) is 3.80. The van der Waals surface area contributed by atoms with Crippen LogP contribution in [0, 0.1) is 11.6 Å². The van der Waals surface area contributed by atoms with Crippen molar-refractivity contribution in [1.29, 1.82) is 0 Å². The molecule has 31 heavy (non-hydrogen) atoms. The Labute approximate surface area is 181 Å². The van der Waals surface area contributed by atoms with Crippen molar-refractivity contribution in [2.75, 3.05) is 6.61 Å². The lowest BCUT2D eigenvalue weighted by Gasteiger charge is -2.09. The highest BCUT2D eigenvalue weighted by atomic mass is 35.5. The molecule has 0 atom stereocenters. The van der Waals surface area contributed by atoms with Crippen LogP contribution in [-0.2, 0) is 11.8 Å². The highest BCUT2D eigenvalue weighted by molar-refractivity contribution is 6.33. The third-order valence-corrected chi connectivity index (χ3v) is 5.31. The molecule has 156 valence electrons. The van der Waals surface area contributed by atoms with E-state index in [0.717, 1.165) is 16.5 Å². The van der Waals surface area contributed by atoms with Crippen molar-refractivity contribution in [1.82, 2.24) is 4.57 Å². The molecule has 0 spiro atoms. The van der Waals surface area contributed by atoms with Gasteiger partial charge in [-0.05, 0) is 23.8 Å². The number of Topliss-reactive ketones (excluding diaryl/α,β-unsaturated/α-hetero) is 1. The second-order valence-electron chi connectivity index (χ2n) is 6.91. The topological polar surface area (TPSA) is 48.3 Å². The first-order valence-electron chi connectivity index (χ1n) is 9.36. The fraction of sp³-hybridized carbons (Fsp3) is 0.0833. The molecular weight excluding hydrogens is 424 g/mol. The molecule has 4 aromatic rings. The summed E-state index contributed by atoms with van der Waals surface area (Å²) in [7, 11) is 1.86. The van der Waals surface area contributed by atoms with Gasteiger partial charge in [0.25, 0.3) is 0 Å². The maximum Gasteiger partial charge on any atom is 0.340 e. The van der Waals surface area contributed by atoms with Crippen LogP contribution in [-0.4, -0.2) is 22.9 Å². The van der Waals surface area contributed by atoms with Crippen LogP contribution in [0.15, 0.2) is 66.7 Å². The van der Waals surface area contributed by atoms with Crippen LogP contribution in [0.25, 0.3) is 22.2 Å². The first-order valence-corrected chi connectivity index (χ1v) is 9.74. The van der Waals surface area contributed by atoms with Crippen molar-refractivity contribution in [3.05, 3.63) is 94.5 Å². The predicted octanol–water partition coefficient (Wildman–Crippen LogP) is 5.82. The number of ketones is 1. The summed E-state index contributed by atoms with van der Waals surface area (Å²) >= 11 is 5.82. The molecule has 0 unspecified atom stereocenters. The summed E-state index contributed by atoms with van der Waals surface area (Å²) in [6.07, 6.45) is 0. The van der Waals surface area contributed by atoms with Crippen molar-refractivity contribution < 1.29 is 23.1 Å². The van der Waals surface area contributed by atoms with Crippen molar-refractivity contribution in [2.24, 2.45) is 7.05 Å². The van der Waals surface area contributed by atoms with E-state index in [0.29, 0.717) is 23.4 Å². The molecule has 4 nitrogen and oxygen atoms in total. The number of hydrogen-bond acceptors (Lipinski definition) is 3. The van der Waals surface area contributed by atoms with Crippen molar-refractivity contribution in [3.8, 4) is 11.3 Å². The number of nitrogens with zero attached hydrogens (tertiary/aromatic N) is 1. The van der Waals surface area contributed by atoms with Gasteiger partial charge in [-0.2, -0.15) is 0 Å². The molecule has 0 aliphatic carbocycles. The van der Waals surface area contributed by atoms with Gasteiger partial charge in [0.1, 0.15) is 0 Å². The average molecular weight is 440 g/mol. The van der Waals surface area contributed by atoms with E-state index in [1.807, 2.05) is 66.2 Å². The first kappa shape index (κ1) is 20.8. The molecule has 0 bridgehead atoms. The van der Waals surface area contributed by atoms with Gasteiger partial charge in [-0.25, -0.2) is 13.6 Å². The summed E-state index contributed by atoms with van der Waals surface area (Å²) in [6.45, 7) is -0.581. The molecule has 3 aromatic carbocycles. The molecule has 0 N–H and O–H groups in total. The molecule has 0 saturated carbocycles. The summed E-state index contributed by atoms with van der Waals surface area (Å²) in [6, 6.07) is 18.1. The smallest absolute Gasteiger partial charge is 0.340 e. The second-order valence-corrected chi connectivity index (χ2v) is 7.32. The number of carbonyl (C=O) groups excluding carboxylic acids is 2. The lowest BCUT2D eigenvalue weighted by atomic mass is 10.0. The van der Waals surface area contributed by atoms with E-state index < -0.39 is 30.0 Å². The van der Waals surface area contributed by atoms with Gasteiger partial charge in [0.2, 0.25) is 5.78 Å². The van der Waals surface area contributed by atoms with Gasteiger partial charge < -0.3 is 9.30 Å². The summed E-state index contributed by atoms with van der Waals surface area (Å²) in [5.41, 5.74) is 2.43. The van der Waals surface area contributed by atoms with Crippen molar-refractivity contribution in [3.63, 3.8) is 0 Å². The molecular formula is C24H16ClF2NO3. The zero-order chi connectivity index (χ0) is 22.1. The van der Waals surface area contributed by atoms with Gasteiger partial charge in [0.15, 0.2) is 18.2 Å². The molecule has 0 fully saturated rings. The SMILES string of the molecule is Cn1c(-c2ccccc2)c(C(=O)COC(=O)c2cc(F)c(F)cc2Cl)c2ccccc21. The number of carbonyl (C=O) groups is 2. The molecule has 1 heterocycles. The summed E-state index contributed by atoms with van der Waals surface area (Å²) in [5, 5.41) is 0.419. The molecule has 0 amide bonds. The summed E-state index contributed by atoms with van der Waals surface area (Å²) < 4.78 is 33.7. The van der Waals surface area contributed by atoms with Crippen LogP contribution in [0.1, 0.15) is 20.7 Å². The monoisotopic (exact) mass is 439 g/mol. The van der Waals surface area contributed by atoms with Gasteiger partial charge in [0, 0.05) is 18.0 Å². The van der Waals surface area contributed by atoms with Gasteiger partial charge >= 0.3 is 5.97 Å². The molecule has 0 aliphatic heterocycles. The molecule has 0 aliphatic rings. The molecule has 0 saturated heterocycles. The van der Waals surface area contributed by atoms with Crippen LogP contribution >= 0.6 is 11.6 Å². The number of hydrogen-bond donors (Lipinski definition) is 0. The Bertz CT molecular complexity index is 1320. The largest absolute Gasteiger partial charge is 0.454 e. The van der Waals surface area contributed by atoms with E-state index in [9.17, 15) is 18.4 Å². The Kier molecular flexibility index (Phi) is 5.57. The number of aromatic nitrogens is 1. The molecule has 0 radical (unpaired) electrons. The number of ether oxygens (including phenoxy) is 1. The van der Waals surface area contributed by atoms with Crippen molar-refractivity contribution in [2.45, 2.75) is 0 Å². The zero-order valence-corrected chi connectivity index (χ0v) is 17.1. The third-order valence-electron chi connectivity index (χ3n) is 5.00. The van der Waals surface area contributed by atoms with Crippen molar-refractivity contribution >= 4 is 34.3 Å². The van der Waals surface area contributed by atoms with E-state index in [4.69, 9.17) is 16.3 Å². The maximum absolute atomic E-state index is 13.5. The number of aryl methyl sites for hydroxylation is 1. The minimum Gasteiger partial charge on any atom is -0.454 e.